The minimum Gasteiger partial charge on any atom is -0.398 e. The van der Waals surface area contributed by atoms with Gasteiger partial charge in [-0.3, -0.25) is 4.79 Å². The molecule has 1 saturated heterocycles. The molecule has 1 aromatic carbocycles. The molecular formula is C15H23N3O. The molecule has 2 N–H and O–H groups in total. The normalized spacial score (nSPS) is 19.2. The number of nitrogens with zero attached hydrogens (tertiary/aromatic N) is 2. The maximum absolute atomic E-state index is 12.7. The molecule has 19 heavy (non-hydrogen) atoms. The van der Waals surface area contributed by atoms with Crippen molar-refractivity contribution in [3.05, 3.63) is 29.3 Å². The van der Waals surface area contributed by atoms with Crippen molar-refractivity contribution in [3.63, 3.8) is 0 Å². The fourth-order valence-corrected chi connectivity index (χ4v) is 2.75. The molecule has 4 heteroatoms. The first kappa shape index (κ1) is 13.9. The molecule has 1 heterocycles. The lowest BCUT2D eigenvalue weighted by Gasteiger charge is -2.27. The first-order chi connectivity index (χ1) is 9.00. The average Bonchev–Trinajstić information content (AvgIpc) is 2.79. The molecular weight excluding hydrogens is 238 g/mol. The number of amides is 1. The highest BCUT2D eigenvalue weighted by Crippen LogP contribution is 2.23. The van der Waals surface area contributed by atoms with Gasteiger partial charge in [-0.15, -0.1) is 0 Å². The summed E-state index contributed by atoms with van der Waals surface area (Å²) in [6.45, 7) is 3.69. The number of nitrogen functional groups attached to an aromatic ring is 1. The first-order valence-corrected chi connectivity index (χ1v) is 6.81. The van der Waals surface area contributed by atoms with Crippen molar-refractivity contribution in [1.82, 2.24) is 9.80 Å². The van der Waals surface area contributed by atoms with Crippen LogP contribution in [0.1, 0.15) is 28.8 Å². The Morgan fingerprint density at radius 1 is 1.47 bits per heavy atom. The van der Waals surface area contributed by atoms with Crippen LogP contribution in [-0.4, -0.2) is 48.9 Å². The van der Waals surface area contributed by atoms with Gasteiger partial charge in [0, 0.05) is 30.4 Å². The van der Waals surface area contributed by atoms with Crippen molar-refractivity contribution < 1.29 is 4.79 Å². The lowest BCUT2D eigenvalue weighted by Crippen LogP contribution is -2.41. The largest absolute Gasteiger partial charge is 0.398 e. The van der Waals surface area contributed by atoms with Crippen LogP contribution in [0.5, 0.6) is 0 Å². The molecule has 0 saturated carbocycles. The summed E-state index contributed by atoms with van der Waals surface area (Å²) in [5.74, 6) is 0.120. The van der Waals surface area contributed by atoms with Gasteiger partial charge in [-0.05, 0) is 51.6 Å². The van der Waals surface area contributed by atoms with Gasteiger partial charge in [-0.1, -0.05) is 6.07 Å². The molecule has 4 nitrogen and oxygen atoms in total. The van der Waals surface area contributed by atoms with Crippen molar-refractivity contribution in [3.8, 4) is 0 Å². The quantitative estimate of drug-likeness (QED) is 0.843. The van der Waals surface area contributed by atoms with Crippen LogP contribution in [-0.2, 0) is 0 Å². The standard InChI is InChI=1S/C15H23N3O/c1-11-13(7-4-8-14(11)16)15(19)18-9-5-6-12(18)10-17(2)3/h4,7-8,12H,5-6,9-10,16H2,1-3H3. The number of anilines is 1. The van der Waals surface area contributed by atoms with E-state index in [-0.39, 0.29) is 5.91 Å². The third kappa shape index (κ3) is 2.89. The highest BCUT2D eigenvalue weighted by Gasteiger charge is 2.30. The number of likely N-dealkylation sites (N-methyl/N-ethyl adjacent to an activating group) is 1. The molecule has 0 bridgehead atoms. The molecule has 104 valence electrons. The number of hydrogen-bond acceptors (Lipinski definition) is 3. The lowest BCUT2D eigenvalue weighted by atomic mass is 10.1. The Bertz CT molecular complexity index is 470. The van der Waals surface area contributed by atoms with Crippen molar-refractivity contribution in [2.75, 3.05) is 32.9 Å². The van der Waals surface area contributed by atoms with E-state index in [1.165, 1.54) is 0 Å². The van der Waals surface area contributed by atoms with E-state index >= 15 is 0 Å². The van der Waals surface area contributed by atoms with E-state index in [0.29, 0.717) is 11.7 Å². The molecule has 1 aliphatic rings. The number of rotatable bonds is 3. The predicted molar refractivity (Wildman–Crippen MR) is 78.2 cm³/mol. The van der Waals surface area contributed by atoms with E-state index in [2.05, 4.69) is 4.90 Å². The second-order valence-corrected chi connectivity index (χ2v) is 5.58. The molecule has 2 rings (SSSR count). The van der Waals surface area contributed by atoms with Crippen LogP contribution in [0.3, 0.4) is 0 Å². The van der Waals surface area contributed by atoms with Gasteiger partial charge in [0.2, 0.25) is 0 Å². The van der Waals surface area contributed by atoms with Gasteiger partial charge >= 0.3 is 0 Å². The zero-order valence-corrected chi connectivity index (χ0v) is 12.0. The molecule has 1 fully saturated rings. The van der Waals surface area contributed by atoms with E-state index in [1.807, 2.05) is 44.1 Å². The number of carbonyl (C=O) groups is 1. The third-order valence-corrected chi connectivity index (χ3v) is 3.82. The molecule has 0 spiro atoms. The number of hydrogen-bond donors (Lipinski definition) is 1. The Kier molecular flexibility index (Phi) is 4.10. The van der Waals surface area contributed by atoms with E-state index in [0.717, 1.165) is 37.1 Å². The highest BCUT2D eigenvalue weighted by atomic mass is 16.2. The van der Waals surface area contributed by atoms with Gasteiger partial charge in [0.25, 0.3) is 5.91 Å². The predicted octanol–water partition coefficient (Wildman–Crippen LogP) is 1.74. The van der Waals surface area contributed by atoms with Crippen molar-refractivity contribution >= 4 is 11.6 Å². The highest BCUT2D eigenvalue weighted by molar-refractivity contribution is 5.97. The summed E-state index contributed by atoms with van der Waals surface area (Å²) < 4.78 is 0. The summed E-state index contributed by atoms with van der Waals surface area (Å²) in [6, 6.07) is 5.89. The van der Waals surface area contributed by atoms with E-state index < -0.39 is 0 Å². The second-order valence-electron chi connectivity index (χ2n) is 5.58. The Labute approximate surface area is 115 Å². The topological polar surface area (TPSA) is 49.6 Å². The molecule has 0 aliphatic carbocycles. The van der Waals surface area contributed by atoms with E-state index in [1.54, 1.807) is 0 Å². The van der Waals surface area contributed by atoms with Gasteiger partial charge in [0.15, 0.2) is 0 Å². The van der Waals surface area contributed by atoms with Crippen LogP contribution in [0.25, 0.3) is 0 Å². The minimum absolute atomic E-state index is 0.120. The zero-order chi connectivity index (χ0) is 14.0. The van der Waals surface area contributed by atoms with Crippen molar-refractivity contribution in [1.29, 1.82) is 0 Å². The van der Waals surface area contributed by atoms with E-state index in [9.17, 15) is 4.79 Å². The first-order valence-electron chi connectivity index (χ1n) is 6.81. The zero-order valence-electron chi connectivity index (χ0n) is 12.0. The van der Waals surface area contributed by atoms with Gasteiger partial charge in [-0.2, -0.15) is 0 Å². The summed E-state index contributed by atoms with van der Waals surface area (Å²) in [5, 5.41) is 0. The van der Waals surface area contributed by atoms with Gasteiger partial charge in [0.05, 0.1) is 0 Å². The SMILES string of the molecule is Cc1c(N)cccc1C(=O)N1CCCC1CN(C)C. The summed E-state index contributed by atoms with van der Waals surface area (Å²) in [4.78, 5) is 16.8. The van der Waals surface area contributed by atoms with Crippen LogP contribution < -0.4 is 5.73 Å². The molecule has 1 atom stereocenters. The number of benzene rings is 1. The molecule has 0 aromatic heterocycles. The fraction of sp³-hybridized carbons (Fsp3) is 0.533. The van der Waals surface area contributed by atoms with Gasteiger partial charge in [-0.25, -0.2) is 0 Å². The van der Waals surface area contributed by atoms with Gasteiger partial charge < -0.3 is 15.5 Å². The third-order valence-electron chi connectivity index (χ3n) is 3.82. The van der Waals surface area contributed by atoms with E-state index in [4.69, 9.17) is 5.73 Å². The van der Waals surface area contributed by atoms with Crippen LogP contribution in [0.15, 0.2) is 18.2 Å². The summed E-state index contributed by atoms with van der Waals surface area (Å²) >= 11 is 0. The smallest absolute Gasteiger partial charge is 0.254 e. The number of nitrogens with two attached hydrogens (primary N) is 1. The Morgan fingerprint density at radius 3 is 2.89 bits per heavy atom. The monoisotopic (exact) mass is 261 g/mol. The Morgan fingerprint density at radius 2 is 2.21 bits per heavy atom. The van der Waals surface area contributed by atoms with Crippen LogP contribution in [0.2, 0.25) is 0 Å². The molecule has 1 unspecified atom stereocenters. The summed E-state index contributed by atoms with van der Waals surface area (Å²) in [5.41, 5.74) is 8.22. The number of likely N-dealkylation sites (tertiary alicyclic amines) is 1. The maximum Gasteiger partial charge on any atom is 0.254 e. The molecule has 1 aromatic rings. The average molecular weight is 261 g/mol. The number of carbonyl (C=O) groups excluding carboxylic acids is 1. The van der Waals surface area contributed by atoms with Crippen LogP contribution in [0, 0.1) is 6.92 Å². The lowest BCUT2D eigenvalue weighted by molar-refractivity contribution is 0.0716. The molecule has 1 amide bonds. The molecule has 1 aliphatic heterocycles. The van der Waals surface area contributed by atoms with Crippen LogP contribution >= 0.6 is 0 Å². The van der Waals surface area contributed by atoms with Gasteiger partial charge in [0.1, 0.15) is 0 Å². The van der Waals surface area contributed by atoms with Crippen LogP contribution in [0.4, 0.5) is 5.69 Å². The summed E-state index contributed by atoms with van der Waals surface area (Å²) in [6.07, 6.45) is 2.18. The Hall–Kier alpha value is -1.55. The van der Waals surface area contributed by atoms with Crippen molar-refractivity contribution in [2.45, 2.75) is 25.8 Å². The fourth-order valence-electron chi connectivity index (χ4n) is 2.75. The maximum atomic E-state index is 12.7. The summed E-state index contributed by atoms with van der Waals surface area (Å²) in [7, 11) is 4.10. The Balaban J connectivity index is 2.21. The minimum atomic E-state index is 0.120. The molecule has 0 radical (unpaired) electrons. The second kappa shape index (κ2) is 5.61. The van der Waals surface area contributed by atoms with Crippen molar-refractivity contribution in [2.24, 2.45) is 0 Å².